The van der Waals surface area contributed by atoms with Crippen molar-refractivity contribution in [1.82, 2.24) is 0 Å². The second kappa shape index (κ2) is 7.17. The Morgan fingerprint density at radius 1 is 1.05 bits per heavy atom. The van der Waals surface area contributed by atoms with Gasteiger partial charge in [-0.25, -0.2) is 0 Å². The van der Waals surface area contributed by atoms with Crippen molar-refractivity contribution < 1.29 is 0 Å². The number of hydrogen-bond donors (Lipinski definition) is 1. The minimum Gasteiger partial charge on any atom is -0.192 e. The van der Waals surface area contributed by atoms with Crippen LogP contribution in [0.2, 0.25) is 0 Å². The first-order chi connectivity index (χ1) is 10.8. The third-order valence-corrected chi connectivity index (χ3v) is 2.83. The van der Waals surface area contributed by atoms with E-state index in [1.165, 1.54) is 0 Å². The second-order valence-corrected chi connectivity index (χ2v) is 4.20. The van der Waals surface area contributed by atoms with Crippen LogP contribution in [0.25, 0.3) is 5.08 Å². The normalized spacial score (nSPS) is 15.2. The molecule has 0 radical (unpaired) electrons. The fourth-order valence-corrected chi connectivity index (χ4v) is 1.80. The fourth-order valence-electron chi connectivity index (χ4n) is 1.80. The molecule has 7 nitrogen and oxygen atoms in total. The highest BCUT2D eigenvalue weighted by Crippen LogP contribution is 2.17. The van der Waals surface area contributed by atoms with Crippen LogP contribution >= 0.6 is 0 Å². The lowest BCUT2D eigenvalue weighted by Crippen LogP contribution is -1.96. The summed E-state index contributed by atoms with van der Waals surface area (Å²) >= 11 is 0. The molecule has 2 rings (SSSR count). The summed E-state index contributed by atoms with van der Waals surface area (Å²) < 4.78 is 0. The Kier molecular flexibility index (Phi) is 4.79. The average molecular weight is 288 g/mol. The SMILES string of the molecule is N#CC(C=C1C=CC(=NN=N)C=C1)=C1C=CC(=N[N+]#N)C=C1. The molecular weight excluding hydrogens is 278 g/mol. The molecule has 0 heterocycles. The molecule has 0 aromatic heterocycles. The zero-order valence-electron chi connectivity index (χ0n) is 11.4. The Bertz CT molecular complexity index is 779. The van der Waals surface area contributed by atoms with Gasteiger partial charge >= 0.3 is 5.08 Å². The van der Waals surface area contributed by atoms with E-state index in [9.17, 15) is 5.26 Å². The zero-order chi connectivity index (χ0) is 15.8. The highest BCUT2D eigenvalue weighted by molar-refractivity contribution is 6.06. The first-order valence-electron chi connectivity index (χ1n) is 6.21. The number of nitrogens with one attached hydrogen (secondary N) is 1. The summed E-state index contributed by atoms with van der Waals surface area (Å²) in [5.41, 5.74) is 9.79. The second-order valence-electron chi connectivity index (χ2n) is 4.20. The minimum absolute atomic E-state index is 0.488. The van der Waals surface area contributed by atoms with Gasteiger partial charge in [0.2, 0.25) is 0 Å². The van der Waals surface area contributed by atoms with Gasteiger partial charge < -0.3 is 0 Å². The number of nitriles is 1. The maximum atomic E-state index is 9.29. The van der Waals surface area contributed by atoms with Crippen LogP contribution in [-0.2, 0) is 0 Å². The molecule has 22 heavy (non-hydrogen) atoms. The van der Waals surface area contributed by atoms with Crippen LogP contribution in [-0.4, -0.2) is 11.4 Å². The minimum atomic E-state index is 0.488. The van der Waals surface area contributed by atoms with Gasteiger partial charge in [-0.2, -0.15) is 10.8 Å². The molecule has 0 spiro atoms. The number of diazo groups is 1. The molecule has 0 aromatic carbocycles. The lowest BCUT2D eigenvalue weighted by Gasteiger charge is -2.04. The number of rotatable bonds is 2. The van der Waals surface area contributed by atoms with E-state index < -0.39 is 0 Å². The van der Waals surface area contributed by atoms with Crippen molar-refractivity contribution in [3.63, 3.8) is 0 Å². The van der Waals surface area contributed by atoms with Crippen molar-refractivity contribution in [2.24, 2.45) is 15.4 Å². The molecule has 2 aliphatic rings. The van der Waals surface area contributed by atoms with Gasteiger partial charge in [0.05, 0.1) is 17.4 Å². The van der Waals surface area contributed by atoms with Crippen molar-refractivity contribution in [1.29, 1.82) is 16.2 Å². The van der Waals surface area contributed by atoms with E-state index in [2.05, 4.69) is 26.6 Å². The van der Waals surface area contributed by atoms with Gasteiger partial charge in [-0.3, -0.25) is 0 Å². The summed E-state index contributed by atoms with van der Waals surface area (Å²) in [7, 11) is 0. The zero-order valence-corrected chi connectivity index (χ0v) is 11.4. The first-order valence-corrected chi connectivity index (χ1v) is 6.21. The Morgan fingerprint density at radius 3 is 2.23 bits per heavy atom. The molecule has 0 aliphatic heterocycles. The van der Waals surface area contributed by atoms with Gasteiger partial charge in [-0.1, -0.05) is 29.5 Å². The van der Waals surface area contributed by atoms with Crippen molar-refractivity contribution in [3.8, 4) is 6.07 Å². The molecule has 7 heteroatoms. The lowest BCUT2D eigenvalue weighted by molar-refractivity contribution is 0.992. The summed E-state index contributed by atoms with van der Waals surface area (Å²) in [6.45, 7) is 0. The highest BCUT2D eigenvalue weighted by Gasteiger charge is 2.07. The smallest absolute Gasteiger partial charge is 0.192 e. The maximum Gasteiger partial charge on any atom is 0.339 e. The number of nitrogens with zero attached hydrogens (tertiary/aromatic N) is 6. The van der Waals surface area contributed by atoms with E-state index >= 15 is 0 Å². The van der Waals surface area contributed by atoms with E-state index in [0.717, 1.165) is 11.1 Å². The van der Waals surface area contributed by atoms with Crippen LogP contribution in [0.15, 0.2) is 86.8 Å². The van der Waals surface area contributed by atoms with Crippen LogP contribution in [0.1, 0.15) is 0 Å². The third-order valence-electron chi connectivity index (χ3n) is 2.83. The molecule has 0 amide bonds. The van der Waals surface area contributed by atoms with Crippen LogP contribution in [0, 0.1) is 22.3 Å². The van der Waals surface area contributed by atoms with Gasteiger partial charge in [0, 0.05) is 0 Å². The molecule has 0 atom stereocenters. The predicted molar refractivity (Wildman–Crippen MR) is 82.4 cm³/mol. The molecule has 0 aromatic rings. The van der Waals surface area contributed by atoms with E-state index in [1.54, 1.807) is 54.7 Å². The van der Waals surface area contributed by atoms with Gasteiger partial charge in [0.15, 0.2) is 10.8 Å². The summed E-state index contributed by atoms with van der Waals surface area (Å²) in [5, 5.41) is 30.4. The summed E-state index contributed by atoms with van der Waals surface area (Å²) in [6.07, 6.45) is 15.5. The topological polar surface area (TPSA) is 113 Å². The van der Waals surface area contributed by atoms with Gasteiger partial charge in [0.25, 0.3) is 5.39 Å². The molecule has 0 saturated heterocycles. The average Bonchev–Trinajstić information content (AvgIpc) is 2.56. The summed E-state index contributed by atoms with van der Waals surface area (Å²) in [5.74, 6) is 0. The van der Waals surface area contributed by atoms with Crippen LogP contribution in [0.4, 0.5) is 0 Å². The number of hydrogen-bond acceptors (Lipinski definition) is 5. The van der Waals surface area contributed by atoms with Crippen LogP contribution in [0.3, 0.4) is 0 Å². The molecule has 0 fully saturated rings. The maximum absolute atomic E-state index is 9.29. The van der Waals surface area contributed by atoms with Gasteiger partial charge in [-0.05, 0) is 41.5 Å². The molecule has 2 aliphatic carbocycles. The van der Waals surface area contributed by atoms with Crippen molar-refractivity contribution in [3.05, 3.63) is 76.5 Å². The van der Waals surface area contributed by atoms with E-state index in [1.807, 2.05) is 0 Å². The van der Waals surface area contributed by atoms with Gasteiger partial charge in [-0.15, -0.1) is 5.10 Å². The van der Waals surface area contributed by atoms with E-state index in [4.69, 9.17) is 10.9 Å². The van der Waals surface area contributed by atoms with E-state index in [-0.39, 0.29) is 0 Å². The van der Waals surface area contributed by atoms with Crippen molar-refractivity contribution in [2.45, 2.75) is 0 Å². The predicted octanol–water partition coefficient (Wildman–Crippen LogP) is 3.58. The standard InChI is InChI=1S/C15H10N7/c16-10-13(12-3-7-15(8-4-12)20-22-18)9-11-1-5-14(6-2-11)19-21-17/h1-9,17H/q+1. The quantitative estimate of drug-likeness (QED) is 0.362. The Labute approximate surface area is 126 Å². The molecule has 0 unspecified atom stereocenters. The molecule has 0 saturated carbocycles. The molecule has 0 bridgehead atoms. The Morgan fingerprint density at radius 2 is 1.68 bits per heavy atom. The third kappa shape index (κ3) is 3.65. The van der Waals surface area contributed by atoms with Crippen LogP contribution < -0.4 is 0 Å². The Hall–Kier alpha value is -3.71. The number of allylic oxidation sites excluding steroid dienone is 12. The largest absolute Gasteiger partial charge is 0.339 e. The van der Waals surface area contributed by atoms with E-state index in [0.29, 0.717) is 17.0 Å². The van der Waals surface area contributed by atoms with Gasteiger partial charge in [0.1, 0.15) is 0 Å². The van der Waals surface area contributed by atoms with Crippen molar-refractivity contribution >= 4 is 11.4 Å². The lowest BCUT2D eigenvalue weighted by atomic mass is 9.99. The summed E-state index contributed by atoms with van der Waals surface area (Å²) in [6, 6.07) is 2.14. The Balaban J connectivity index is 2.28. The molecule has 1 N–H and O–H groups in total. The summed E-state index contributed by atoms with van der Waals surface area (Å²) in [4.78, 5) is 0. The van der Waals surface area contributed by atoms with Crippen molar-refractivity contribution in [2.75, 3.05) is 0 Å². The highest BCUT2D eigenvalue weighted by atomic mass is 15.3. The monoisotopic (exact) mass is 288 g/mol. The molecule has 104 valence electrons. The van der Waals surface area contributed by atoms with Crippen LogP contribution in [0.5, 0.6) is 0 Å². The fraction of sp³-hybridized carbons (Fsp3) is 0. The first kappa shape index (κ1) is 14.7. The molecular formula is C15H10N7+.